The Morgan fingerprint density at radius 1 is 1.25 bits per heavy atom. The Morgan fingerprint density at radius 3 is 2.96 bits per heavy atom. The van der Waals surface area contributed by atoms with E-state index < -0.39 is 0 Å². The van der Waals surface area contributed by atoms with E-state index in [1.165, 1.54) is 16.9 Å². The Morgan fingerprint density at radius 2 is 2.18 bits per heavy atom. The first-order valence-corrected chi connectivity index (χ1v) is 11.2. The van der Waals surface area contributed by atoms with Crippen LogP contribution in [0.15, 0.2) is 42.0 Å². The second-order valence-corrected chi connectivity index (χ2v) is 8.66. The fourth-order valence-corrected chi connectivity index (χ4v) is 5.01. The van der Waals surface area contributed by atoms with Gasteiger partial charge in [0, 0.05) is 55.9 Å². The number of aromatic nitrogens is 1. The average molecular weight is 402 g/mol. The van der Waals surface area contributed by atoms with Gasteiger partial charge in [-0.05, 0) is 42.6 Å². The van der Waals surface area contributed by atoms with Crippen molar-refractivity contribution in [2.24, 2.45) is 5.92 Å². The Hall–Kier alpha value is -1.35. The Kier molecular flexibility index (Phi) is 7.43. The van der Waals surface area contributed by atoms with Crippen LogP contribution >= 0.6 is 11.3 Å². The topological polar surface area (TPSA) is 52.7 Å². The third kappa shape index (κ3) is 5.59. The summed E-state index contributed by atoms with van der Waals surface area (Å²) in [6.07, 6.45) is 5.04. The van der Waals surface area contributed by atoms with E-state index in [2.05, 4.69) is 49.2 Å². The molecule has 0 aliphatic carbocycles. The summed E-state index contributed by atoms with van der Waals surface area (Å²) in [5, 5.41) is 2.17. The predicted octanol–water partition coefficient (Wildman–Crippen LogP) is 2.13. The predicted molar refractivity (Wildman–Crippen MR) is 113 cm³/mol. The van der Waals surface area contributed by atoms with E-state index in [0.29, 0.717) is 12.0 Å². The van der Waals surface area contributed by atoms with E-state index >= 15 is 0 Å². The standard InChI is InChI=1S/C21H31N5OS/c1-4-18(14-22-6-1)16-26(8-3-7-25-9-11-27-12-10-25)17-19-15-23-24-21(19)20-5-2-13-28-20/h1-2,4-6,13-14,19,21,23-24H,3,7-12,15-17H2. The van der Waals surface area contributed by atoms with Gasteiger partial charge < -0.3 is 4.74 Å². The molecule has 28 heavy (non-hydrogen) atoms. The Balaban J connectivity index is 1.35. The van der Waals surface area contributed by atoms with Crippen LogP contribution in [0, 0.1) is 5.92 Å². The molecule has 2 aliphatic heterocycles. The molecule has 0 saturated carbocycles. The fourth-order valence-electron chi connectivity index (χ4n) is 4.14. The summed E-state index contributed by atoms with van der Waals surface area (Å²) in [6, 6.07) is 9.01. The van der Waals surface area contributed by atoms with Gasteiger partial charge in [0.2, 0.25) is 0 Å². The summed E-state index contributed by atoms with van der Waals surface area (Å²) in [6.45, 7) is 9.21. The normalized spacial score (nSPS) is 23.5. The van der Waals surface area contributed by atoms with Gasteiger partial charge in [-0.1, -0.05) is 12.1 Å². The molecule has 0 amide bonds. The molecule has 2 atom stereocenters. The summed E-state index contributed by atoms with van der Waals surface area (Å²) in [7, 11) is 0. The molecule has 2 N–H and O–H groups in total. The van der Waals surface area contributed by atoms with Crippen LogP contribution in [0.25, 0.3) is 0 Å². The highest BCUT2D eigenvalue weighted by Gasteiger charge is 2.30. The molecule has 0 bridgehead atoms. The van der Waals surface area contributed by atoms with Crippen molar-refractivity contribution in [3.63, 3.8) is 0 Å². The number of hydrazine groups is 1. The minimum absolute atomic E-state index is 0.399. The number of ether oxygens (including phenoxy) is 1. The van der Waals surface area contributed by atoms with Crippen molar-refractivity contribution in [2.75, 3.05) is 52.5 Å². The molecule has 2 aromatic heterocycles. The van der Waals surface area contributed by atoms with Crippen LogP contribution in [0.1, 0.15) is 22.9 Å². The Bertz CT molecular complexity index is 677. The zero-order valence-electron chi connectivity index (χ0n) is 16.4. The first-order valence-electron chi connectivity index (χ1n) is 10.3. The monoisotopic (exact) mass is 401 g/mol. The van der Waals surface area contributed by atoms with Gasteiger partial charge in [-0.25, -0.2) is 5.43 Å². The highest BCUT2D eigenvalue weighted by molar-refractivity contribution is 7.10. The van der Waals surface area contributed by atoms with E-state index in [-0.39, 0.29) is 0 Å². The largest absolute Gasteiger partial charge is 0.379 e. The van der Waals surface area contributed by atoms with Crippen LogP contribution in [0.4, 0.5) is 0 Å². The number of morpholine rings is 1. The quantitative estimate of drug-likeness (QED) is 0.671. The van der Waals surface area contributed by atoms with Gasteiger partial charge in [0.05, 0.1) is 19.3 Å². The third-order valence-electron chi connectivity index (χ3n) is 5.62. The average Bonchev–Trinajstić information content (AvgIpc) is 3.41. The molecule has 6 nitrogen and oxygen atoms in total. The molecular formula is C21H31N5OS. The van der Waals surface area contributed by atoms with Crippen molar-refractivity contribution in [2.45, 2.75) is 19.0 Å². The number of rotatable bonds is 9. The molecular weight excluding hydrogens is 370 g/mol. The van der Waals surface area contributed by atoms with E-state index in [9.17, 15) is 0 Å². The first kappa shape index (κ1) is 19.9. The summed E-state index contributed by atoms with van der Waals surface area (Å²) >= 11 is 1.84. The molecule has 2 saturated heterocycles. The van der Waals surface area contributed by atoms with Gasteiger partial charge in [0.25, 0.3) is 0 Å². The van der Waals surface area contributed by atoms with Gasteiger partial charge in [-0.15, -0.1) is 11.3 Å². The van der Waals surface area contributed by atoms with Crippen molar-refractivity contribution in [1.29, 1.82) is 0 Å². The maximum atomic E-state index is 5.47. The molecule has 4 rings (SSSR count). The lowest BCUT2D eigenvalue weighted by molar-refractivity contribution is 0.0357. The van der Waals surface area contributed by atoms with Gasteiger partial charge in [0.15, 0.2) is 0 Å². The van der Waals surface area contributed by atoms with Gasteiger partial charge >= 0.3 is 0 Å². The van der Waals surface area contributed by atoms with Crippen molar-refractivity contribution < 1.29 is 4.74 Å². The van der Waals surface area contributed by atoms with Crippen LogP contribution in [-0.4, -0.2) is 67.3 Å². The minimum Gasteiger partial charge on any atom is -0.379 e. The van der Waals surface area contributed by atoms with Gasteiger partial charge in [0.1, 0.15) is 0 Å². The molecule has 7 heteroatoms. The molecule has 0 radical (unpaired) electrons. The van der Waals surface area contributed by atoms with E-state index in [0.717, 1.165) is 59.0 Å². The van der Waals surface area contributed by atoms with E-state index in [4.69, 9.17) is 4.74 Å². The van der Waals surface area contributed by atoms with Crippen LogP contribution in [0.5, 0.6) is 0 Å². The summed E-state index contributed by atoms with van der Waals surface area (Å²) < 4.78 is 5.47. The second-order valence-electron chi connectivity index (χ2n) is 7.68. The molecule has 152 valence electrons. The van der Waals surface area contributed by atoms with Crippen molar-refractivity contribution >= 4 is 11.3 Å². The zero-order chi connectivity index (χ0) is 19.0. The first-order chi connectivity index (χ1) is 13.9. The molecule has 2 aliphatic rings. The molecule has 0 aromatic carbocycles. The summed E-state index contributed by atoms with van der Waals surface area (Å²) in [5.74, 6) is 0.568. The number of hydrogen-bond donors (Lipinski definition) is 2. The number of thiophene rings is 1. The minimum atomic E-state index is 0.399. The SMILES string of the molecule is c1cncc(CN(CCCN2CCOCC2)CC2CNNC2c2cccs2)c1. The number of nitrogens with one attached hydrogen (secondary N) is 2. The van der Waals surface area contributed by atoms with Crippen molar-refractivity contribution in [1.82, 2.24) is 25.6 Å². The molecule has 4 heterocycles. The maximum absolute atomic E-state index is 5.47. The van der Waals surface area contributed by atoms with E-state index in [1.807, 2.05) is 29.8 Å². The lowest BCUT2D eigenvalue weighted by atomic mass is 9.99. The number of nitrogens with zero attached hydrogens (tertiary/aromatic N) is 3. The highest BCUT2D eigenvalue weighted by Crippen LogP contribution is 2.29. The lowest BCUT2D eigenvalue weighted by Crippen LogP contribution is -2.39. The maximum Gasteiger partial charge on any atom is 0.0608 e. The van der Waals surface area contributed by atoms with Crippen molar-refractivity contribution in [3.05, 3.63) is 52.5 Å². The zero-order valence-corrected chi connectivity index (χ0v) is 17.2. The smallest absolute Gasteiger partial charge is 0.0608 e. The summed E-state index contributed by atoms with van der Waals surface area (Å²) in [4.78, 5) is 10.9. The fraction of sp³-hybridized carbons (Fsp3) is 0.571. The van der Waals surface area contributed by atoms with E-state index in [1.54, 1.807) is 0 Å². The molecule has 2 fully saturated rings. The number of pyridine rings is 1. The van der Waals surface area contributed by atoms with Crippen molar-refractivity contribution in [3.8, 4) is 0 Å². The molecule has 0 spiro atoms. The van der Waals surface area contributed by atoms with Crippen LogP contribution in [0.2, 0.25) is 0 Å². The van der Waals surface area contributed by atoms with Gasteiger partial charge in [-0.2, -0.15) is 0 Å². The van der Waals surface area contributed by atoms with Gasteiger partial charge in [-0.3, -0.25) is 20.2 Å². The number of hydrogen-bond acceptors (Lipinski definition) is 7. The molecule has 2 aromatic rings. The summed E-state index contributed by atoms with van der Waals surface area (Å²) in [5.41, 5.74) is 8.16. The van der Waals surface area contributed by atoms with Crippen LogP contribution in [-0.2, 0) is 11.3 Å². The Labute approximate surface area is 171 Å². The highest BCUT2D eigenvalue weighted by atomic mass is 32.1. The van der Waals surface area contributed by atoms with Crippen LogP contribution < -0.4 is 10.9 Å². The lowest BCUT2D eigenvalue weighted by Gasteiger charge is -2.30. The van der Waals surface area contributed by atoms with Crippen LogP contribution in [0.3, 0.4) is 0 Å². The third-order valence-corrected chi connectivity index (χ3v) is 6.57. The molecule has 2 unspecified atom stereocenters. The second kappa shape index (κ2) is 10.4.